The van der Waals surface area contributed by atoms with Gasteiger partial charge in [-0.25, -0.2) is 4.98 Å². The van der Waals surface area contributed by atoms with Crippen LogP contribution in [0.4, 0.5) is 0 Å². The molecule has 0 aliphatic carbocycles. The fraction of sp³-hybridized carbons (Fsp3) is 0. The Labute approximate surface area is 355 Å². The van der Waals surface area contributed by atoms with Crippen molar-refractivity contribution in [3.8, 4) is 44.6 Å². The minimum Gasteiger partial charge on any atom is -0.252 e. The lowest BCUT2D eigenvalue weighted by Gasteiger charge is -2.17. The van der Waals surface area contributed by atoms with Crippen molar-refractivity contribution in [3.63, 3.8) is 0 Å². The summed E-state index contributed by atoms with van der Waals surface area (Å²) in [7, 11) is 0. The molecule has 0 aliphatic rings. The zero-order valence-electron chi connectivity index (χ0n) is 32.9. The zero-order valence-corrected chi connectivity index (χ0v) is 33.7. The third-order valence-electron chi connectivity index (χ3n) is 12.8. The van der Waals surface area contributed by atoms with E-state index in [0.717, 1.165) is 38.4 Å². The van der Waals surface area contributed by atoms with Gasteiger partial charge in [0, 0.05) is 42.1 Å². The molecule has 13 rings (SSSR count). The van der Waals surface area contributed by atoms with Crippen molar-refractivity contribution < 1.29 is 0 Å². The van der Waals surface area contributed by atoms with E-state index in [1.54, 1.807) is 0 Å². The van der Waals surface area contributed by atoms with Crippen molar-refractivity contribution in [2.24, 2.45) is 0 Å². The smallest absolute Gasteiger partial charge is 0.0979 e. The first kappa shape index (κ1) is 34.2. The molecule has 0 saturated carbocycles. The van der Waals surface area contributed by atoms with Crippen LogP contribution in [-0.2, 0) is 0 Å². The number of benzene rings is 11. The van der Waals surface area contributed by atoms with Gasteiger partial charge in [-0.05, 0) is 77.0 Å². The van der Waals surface area contributed by atoms with Gasteiger partial charge in [0.1, 0.15) is 0 Å². The quantitative estimate of drug-likeness (QED) is 0.166. The zero-order chi connectivity index (χ0) is 40.0. The number of hydrogen-bond acceptors (Lipinski definition) is 3. The molecule has 0 amide bonds. The van der Waals surface area contributed by atoms with Gasteiger partial charge in [-0.2, -0.15) is 0 Å². The van der Waals surface area contributed by atoms with Crippen LogP contribution in [0.15, 0.2) is 206 Å². The lowest BCUT2D eigenvalue weighted by atomic mass is 9.86. The number of hydrogen-bond donors (Lipinski definition) is 0. The Morgan fingerprint density at radius 2 is 0.639 bits per heavy atom. The first-order valence-electron chi connectivity index (χ1n) is 20.8. The van der Waals surface area contributed by atoms with Crippen molar-refractivity contribution in [1.82, 2.24) is 9.97 Å². The highest BCUT2D eigenvalue weighted by molar-refractivity contribution is 7.26. The summed E-state index contributed by atoms with van der Waals surface area (Å²) >= 11 is 1.89. The SMILES string of the molecule is c1ccc2c(c1)sc1c(-c3ccc(-c4ccc(-c5ccc(-c6cnc7c8ccccc8c8ccccc8c7n6)c6ccccc56)c5ccccc45)c4ccccc34)cccc12. The van der Waals surface area contributed by atoms with E-state index in [0.29, 0.717) is 0 Å². The van der Waals surface area contributed by atoms with E-state index in [4.69, 9.17) is 9.97 Å². The Balaban J connectivity index is 0.965. The highest BCUT2D eigenvalue weighted by Crippen LogP contribution is 2.46. The number of fused-ring (bicyclic) bond motifs is 12. The van der Waals surface area contributed by atoms with Crippen molar-refractivity contribution in [1.29, 1.82) is 0 Å². The molecule has 0 atom stereocenters. The molecule has 11 aromatic carbocycles. The van der Waals surface area contributed by atoms with Crippen molar-refractivity contribution in [2.75, 3.05) is 0 Å². The Kier molecular flexibility index (Phi) is 7.51. The molecule has 3 heteroatoms. The number of aromatic nitrogens is 2. The molecule has 0 spiro atoms. The molecule has 13 aromatic rings. The number of rotatable bonds is 4. The van der Waals surface area contributed by atoms with Crippen LogP contribution in [-0.4, -0.2) is 9.97 Å². The predicted octanol–water partition coefficient (Wildman–Crippen LogP) is 16.4. The average molecular weight is 791 g/mol. The molecular weight excluding hydrogens is 757 g/mol. The Morgan fingerprint density at radius 3 is 1.16 bits per heavy atom. The normalized spacial score (nSPS) is 11.9. The summed E-state index contributed by atoms with van der Waals surface area (Å²) < 4.78 is 2.66. The van der Waals surface area contributed by atoms with E-state index >= 15 is 0 Å². The first-order chi connectivity index (χ1) is 30.3. The molecule has 0 fully saturated rings. The lowest BCUT2D eigenvalue weighted by molar-refractivity contribution is 1.31. The number of nitrogens with zero attached hydrogens (tertiary/aromatic N) is 2. The van der Waals surface area contributed by atoms with Crippen LogP contribution >= 0.6 is 11.3 Å². The summed E-state index contributed by atoms with van der Waals surface area (Å²) in [5, 5.41) is 14.6. The summed E-state index contributed by atoms with van der Waals surface area (Å²) in [4.78, 5) is 10.5. The van der Waals surface area contributed by atoms with E-state index in [9.17, 15) is 0 Å². The average Bonchev–Trinajstić information content (AvgIpc) is 3.72. The highest BCUT2D eigenvalue weighted by Gasteiger charge is 2.19. The van der Waals surface area contributed by atoms with Crippen LogP contribution < -0.4 is 0 Å². The van der Waals surface area contributed by atoms with E-state index < -0.39 is 0 Å². The third-order valence-corrected chi connectivity index (χ3v) is 14.0. The maximum Gasteiger partial charge on any atom is 0.0979 e. The Morgan fingerprint density at radius 1 is 0.262 bits per heavy atom. The van der Waals surface area contributed by atoms with Gasteiger partial charge in [0.05, 0.1) is 22.9 Å². The molecule has 0 radical (unpaired) electrons. The molecule has 0 N–H and O–H groups in total. The molecule has 2 aromatic heterocycles. The monoisotopic (exact) mass is 790 g/mol. The van der Waals surface area contributed by atoms with Gasteiger partial charge in [-0.1, -0.05) is 194 Å². The van der Waals surface area contributed by atoms with Gasteiger partial charge in [-0.15, -0.1) is 11.3 Å². The third kappa shape index (κ3) is 5.14. The Hall–Kier alpha value is -7.72. The Bertz CT molecular complexity index is 3920. The lowest BCUT2D eigenvalue weighted by Crippen LogP contribution is -1.94. The van der Waals surface area contributed by atoms with Crippen LogP contribution in [0.5, 0.6) is 0 Å². The van der Waals surface area contributed by atoms with Gasteiger partial charge in [-0.3, -0.25) is 4.98 Å². The van der Waals surface area contributed by atoms with Gasteiger partial charge in [0.2, 0.25) is 0 Å². The van der Waals surface area contributed by atoms with Crippen molar-refractivity contribution in [2.45, 2.75) is 0 Å². The minimum atomic E-state index is 0.870. The van der Waals surface area contributed by atoms with Gasteiger partial charge in [0.15, 0.2) is 0 Å². The molecular formula is C58H34N2S. The largest absolute Gasteiger partial charge is 0.252 e. The molecule has 0 unspecified atom stereocenters. The second kappa shape index (κ2) is 13.4. The molecule has 0 aliphatic heterocycles. The second-order valence-electron chi connectivity index (χ2n) is 15.9. The van der Waals surface area contributed by atoms with Crippen LogP contribution in [0.25, 0.3) is 130 Å². The summed E-state index contributed by atoms with van der Waals surface area (Å²) in [6.07, 6.45) is 1.95. The minimum absolute atomic E-state index is 0.870. The van der Waals surface area contributed by atoms with Crippen molar-refractivity contribution in [3.05, 3.63) is 206 Å². The summed E-state index contributed by atoms with van der Waals surface area (Å²) in [6.45, 7) is 0. The topological polar surface area (TPSA) is 25.8 Å². The van der Waals surface area contributed by atoms with E-state index in [-0.39, 0.29) is 0 Å². The van der Waals surface area contributed by atoms with Gasteiger partial charge < -0.3 is 0 Å². The molecule has 282 valence electrons. The van der Waals surface area contributed by atoms with E-state index in [1.807, 2.05) is 17.5 Å². The fourth-order valence-electron chi connectivity index (χ4n) is 10.0. The van der Waals surface area contributed by atoms with Gasteiger partial charge >= 0.3 is 0 Å². The first-order valence-corrected chi connectivity index (χ1v) is 21.6. The summed E-state index contributed by atoms with van der Waals surface area (Å²) in [5.41, 5.74) is 11.2. The predicted molar refractivity (Wildman–Crippen MR) is 262 cm³/mol. The van der Waals surface area contributed by atoms with Gasteiger partial charge in [0.25, 0.3) is 0 Å². The van der Waals surface area contributed by atoms with Crippen LogP contribution in [0, 0.1) is 0 Å². The summed E-state index contributed by atoms with van der Waals surface area (Å²) in [5.74, 6) is 0. The van der Waals surface area contributed by atoms with E-state index in [1.165, 1.54) is 91.3 Å². The molecule has 2 nitrogen and oxygen atoms in total. The standard InChI is InChI=1S/C58H34N2S/c1-2-15-36-35(14-1)43(45-30-31-47(38-17-4-3-16-37(38)45)52-25-13-26-53-49-22-11-12-27-55(49)61-58(52)53)28-29-44(36)46-32-33-48(40-19-6-5-18-39(40)46)54-34-59-56-50-23-9-7-20-41(50)42-21-8-10-24-51(42)57(56)60-54/h1-34H. The fourth-order valence-corrected chi connectivity index (χ4v) is 11.2. The van der Waals surface area contributed by atoms with Crippen LogP contribution in [0.3, 0.4) is 0 Å². The maximum absolute atomic E-state index is 5.38. The van der Waals surface area contributed by atoms with Crippen molar-refractivity contribution >= 4 is 96.4 Å². The maximum atomic E-state index is 5.38. The van der Waals surface area contributed by atoms with Crippen LogP contribution in [0.1, 0.15) is 0 Å². The second-order valence-corrected chi connectivity index (χ2v) is 17.0. The summed E-state index contributed by atoms with van der Waals surface area (Å²) in [6, 6.07) is 73.0. The molecule has 2 heterocycles. The van der Waals surface area contributed by atoms with E-state index in [2.05, 4.69) is 200 Å². The molecule has 61 heavy (non-hydrogen) atoms. The molecule has 0 saturated heterocycles. The number of thiophene rings is 1. The van der Waals surface area contributed by atoms with Crippen LogP contribution in [0.2, 0.25) is 0 Å². The highest BCUT2D eigenvalue weighted by atomic mass is 32.1. The molecule has 0 bridgehead atoms.